The van der Waals surface area contributed by atoms with Crippen LogP contribution in [-0.4, -0.2) is 42.4 Å². The number of aliphatic carboxylic acids is 1. The zero-order chi connectivity index (χ0) is 14.4. The van der Waals surface area contributed by atoms with Gasteiger partial charge in [-0.1, -0.05) is 13.8 Å². The summed E-state index contributed by atoms with van der Waals surface area (Å²) in [7, 11) is 0. The Morgan fingerprint density at radius 2 is 2.00 bits per heavy atom. The Hall–Kier alpha value is -1.30. The summed E-state index contributed by atoms with van der Waals surface area (Å²) in [4.78, 5) is 22.8. The van der Waals surface area contributed by atoms with Crippen LogP contribution in [0.15, 0.2) is 0 Å². The third-order valence-electron chi connectivity index (χ3n) is 3.34. The summed E-state index contributed by atoms with van der Waals surface area (Å²) in [5, 5.41) is 14.4. The molecule has 1 heterocycles. The van der Waals surface area contributed by atoms with E-state index in [-0.39, 0.29) is 12.0 Å². The molecule has 2 amide bonds. The van der Waals surface area contributed by atoms with Crippen molar-refractivity contribution in [1.82, 2.24) is 10.6 Å². The second kappa shape index (κ2) is 7.33. The van der Waals surface area contributed by atoms with Gasteiger partial charge in [0.2, 0.25) is 0 Å². The average Bonchev–Trinajstić information content (AvgIpc) is 2.80. The standard InChI is InChI=1S/C13H24N2O4/c1-8(2)6-11(12(16)17)15-13(18)14-9(3)10-4-5-19-7-10/h8-11H,4-7H2,1-3H3,(H,16,17)(H2,14,15,18)/t9?,10?,11-/m1/s1. The van der Waals surface area contributed by atoms with Crippen molar-refractivity contribution in [3.63, 3.8) is 0 Å². The number of rotatable bonds is 6. The van der Waals surface area contributed by atoms with Crippen molar-refractivity contribution in [2.24, 2.45) is 11.8 Å². The molecule has 0 spiro atoms. The highest BCUT2D eigenvalue weighted by Gasteiger charge is 2.26. The van der Waals surface area contributed by atoms with Gasteiger partial charge in [-0.15, -0.1) is 0 Å². The minimum absolute atomic E-state index is 0.0176. The number of ether oxygens (including phenoxy) is 1. The largest absolute Gasteiger partial charge is 0.480 e. The van der Waals surface area contributed by atoms with Gasteiger partial charge in [-0.2, -0.15) is 0 Å². The van der Waals surface area contributed by atoms with Crippen molar-refractivity contribution in [2.75, 3.05) is 13.2 Å². The van der Waals surface area contributed by atoms with E-state index in [9.17, 15) is 9.59 Å². The Labute approximate surface area is 113 Å². The molecule has 0 aromatic heterocycles. The zero-order valence-electron chi connectivity index (χ0n) is 11.8. The van der Waals surface area contributed by atoms with Gasteiger partial charge in [0, 0.05) is 18.6 Å². The molecule has 0 saturated carbocycles. The lowest BCUT2D eigenvalue weighted by atomic mass is 10.0. The fourth-order valence-electron chi connectivity index (χ4n) is 2.16. The van der Waals surface area contributed by atoms with E-state index in [1.165, 1.54) is 0 Å². The van der Waals surface area contributed by atoms with Gasteiger partial charge < -0.3 is 20.5 Å². The van der Waals surface area contributed by atoms with E-state index < -0.39 is 18.0 Å². The molecule has 0 bridgehead atoms. The van der Waals surface area contributed by atoms with Crippen LogP contribution in [0.4, 0.5) is 4.79 Å². The maximum absolute atomic E-state index is 11.8. The summed E-state index contributed by atoms with van der Waals surface area (Å²) in [6, 6.07) is -1.28. The molecule has 6 heteroatoms. The number of urea groups is 1. The van der Waals surface area contributed by atoms with Gasteiger partial charge in [0.25, 0.3) is 0 Å². The minimum atomic E-state index is -0.999. The van der Waals surface area contributed by atoms with Gasteiger partial charge in [-0.25, -0.2) is 9.59 Å². The van der Waals surface area contributed by atoms with Crippen LogP contribution in [0.1, 0.15) is 33.6 Å². The molecule has 0 aromatic rings. The first-order chi connectivity index (χ1) is 8.90. The van der Waals surface area contributed by atoms with Crippen LogP contribution >= 0.6 is 0 Å². The van der Waals surface area contributed by atoms with Crippen molar-refractivity contribution in [3.05, 3.63) is 0 Å². The Balaban J connectivity index is 2.41. The molecule has 6 nitrogen and oxygen atoms in total. The second-order valence-electron chi connectivity index (χ2n) is 5.55. The average molecular weight is 272 g/mol. The zero-order valence-corrected chi connectivity index (χ0v) is 11.8. The smallest absolute Gasteiger partial charge is 0.326 e. The summed E-state index contributed by atoms with van der Waals surface area (Å²) in [6.45, 7) is 7.14. The first kappa shape index (κ1) is 15.8. The molecule has 19 heavy (non-hydrogen) atoms. The summed E-state index contributed by atoms with van der Waals surface area (Å²) >= 11 is 0. The monoisotopic (exact) mass is 272 g/mol. The number of carboxylic acid groups (broad SMARTS) is 1. The molecule has 1 fully saturated rings. The summed E-state index contributed by atoms with van der Waals surface area (Å²) in [6.07, 6.45) is 1.35. The highest BCUT2D eigenvalue weighted by atomic mass is 16.5. The fourth-order valence-corrected chi connectivity index (χ4v) is 2.16. The van der Waals surface area contributed by atoms with Crippen LogP contribution in [0.3, 0.4) is 0 Å². The molecular weight excluding hydrogens is 248 g/mol. The highest BCUT2D eigenvalue weighted by Crippen LogP contribution is 2.16. The van der Waals surface area contributed by atoms with E-state index in [0.29, 0.717) is 18.9 Å². The van der Waals surface area contributed by atoms with Crippen molar-refractivity contribution in [2.45, 2.75) is 45.7 Å². The molecule has 0 aromatic carbocycles. The second-order valence-corrected chi connectivity index (χ2v) is 5.55. The summed E-state index contributed by atoms with van der Waals surface area (Å²) in [5.74, 6) is -0.484. The number of nitrogens with one attached hydrogen (secondary N) is 2. The third kappa shape index (κ3) is 5.46. The molecule has 1 aliphatic rings. The van der Waals surface area contributed by atoms with Crippen LogP contribution in [-0.2, 0) is 9.53 Å². The number of carboxylic acids is 1. The van der Waals surface area contributed by atoms with Crippen molar-refractivity contribution < 1.29 is 19.4 Å². The van der Waals surface area contributed by atoms with E-state index in [2.05, 4.69) is 10.6 Å². The molecule has 1 aliphatic heterocycles. The number of hydrogen-bond acceptors (Lipinski definition) is 3. The van der Waals surface area contributed by atoms with Crippen molar-refractivity contribution in [3.8, 4) is 0 Å². The normalized spacial score (nSPS) is 22.0. The van der Waals surface area contributed by atoms with E-state index in [1.54, 1.807) is 0 Å². The predicted octanol–water partition coefficient (Wildman–Crippen LogP) is 1.21. The molecule has 1 rings (SSSR count). The van der Waals surface area contributed by atoms with E-state index in [0.717, 1.165) is 13.0 Å². The van der Waals surface area contributed by atoms with Gasteiger partial charge in [0.15, 0.2) is 0 Å². The van der Waals surface area contributed by atoms with Crippen LogP contribution < -0.4 is 10.6 Å². The number of amides is 2. The fraction of sp³-hybridized carbons (Fsp3) is 0.846. The number of hydrogen-bond donors (Lipinski definition) is 3. The van der Waals surface area contributed by atoms with Gasteiger partial charge in [0.05, 0.1) is 6.61 Å². The van der Waals surface area contributed by atoms with Crippen molar-refractivity contribution >= 4 is 12.0 Å². The van der Waals surface area contributed by atoms with Crippen LogP contribution in [0.5, 0.6) is 0 Å². The van der Waals surface area contributed by atoms with E-state index in [1.807, 2.05) is 20.8 Å². The van der Waals surface area contributed by atoms with Crippen LogP contribution in [0, 0.1) is 11.8 Å². The molecule has 2 unspecified atom stereocenters. The topological polar surface area (TPSA) is 87.7 Å². The predicted molar refractivity (Wildman–Crippen MR) is 70.9 cm³/mol. The molecule has 110 valence electrons. The number of carbonyl (C=O) groups is 2. The van der Waals surface area contributed by atoms with Gasteiger partial charge in [-0.3, -0.25) is 0 Å². The maximum atomic E-state index is 11.8. The molecule has 0 radical (unpaired) electrons. The molecule has 3 atom stereocenters. The Morgan fingerprint density at radius 3 is 2.47 bits per heavy atom. The molecule has 3 N–H and O–H groups in total. The molecular formula is C13H24N2O4. The SMILES string of the molecule is CC(C)C[C@@H](NC(=O)NC(C)C1CCOC1)C(=O)O. The van der Waals surface area contributed by atoms with Gasteiger partial charge in [0.1, 0.15) is 6.04 Å². The summed E-state index contributed by atoms with van der Waals surface area (Å²) < 4.78 is 5.27. The maximum Gasteiger partial charge on any atom is 0.326 e. The first-order valence-electron chi connectivity index (χ1n) is 6.77. The molecule has 1 saturated heterocycles. The van der Waals surface area contributed by atoms with Gasteiger partial charge in [-0.05, 0) is 25.7 Å². The lowest BCUT2D eigenvalue weighted by molar-refractivity contribution is -0.139. The minimum Gasteiger partial charge on any atom is -0.480 e. The Kier molecular flexibility index (Phi) is 6.08. The van der Waals surface area contributed by atoms with Crippen LogP contribution in [0.2, 0.25) is 0 Å². The van der Waals surface area contributed by atoms with E-state index in [4.69, 9.17) is 9.84 Å². The number of carbonyl (C=O) groups excluding carboxylic acids is 1. The Morgan fingerprint density at radius 1 is 1.32 bits per heavy atom. The highest BCUT2D eigenvalue weighted by molar-refractivity contribution is 5.82. The third-order valence-corrected chi connectivity index (χ3v) is 3.34. The summed E-state index contributed by atoms with van der Waals surface area (Å²) in [5.41, 5.74) is 0. The first-order valence-corrected chi connectivity index (χ1v) is 6.77. The quantitative estimate of drug-likeness (QED) is 0.678. The van der Waals surface area contributed by atoms with E-state index >= 15 is 0 Å². The van der Waals surface area contributed by atoms with Gasteiger partial charge >= 0.3 is 12.0 Å². The van der Waals surface area contributed by atoms with Crippen molar-refractivity contribution in [1.29, 1.82) is 0 Å². The lowest BCUT2D eigenvalue weighted by Crippen LogP contribution is -2.50. The Bertz CT molecular complexity index is 314. The lowest BCUT2D eigenvalue weighted by Gasteiger charge is -2.22. The molecule has 0 aliphatic carbocycles. The van der Waals surface area contributed by atoms with Crippen LogP contribution in [0.25, 0.3) is 0 Å².